The van der Waals surface area contributed by atoms with Crippen LogP contribution >= 0.6 is 0 Å². The minimum absolute atomic E-state index is 0.389. The zero-order valence-corrected chi connectivity index (χ0v) is 12.9. The first kappa shape index (κ1) is 14.8. The van der Waals surface area contributed by atoms with Crippen molar-refractivity contribution in [3.8, 4) is 0 Å². The highest BCUT2D eigenvalue weighted by Gasteiger charge is 2.20. The normalized spacial score (nSPS) is 14.2. The molecule has 20 heavy (non-hydrogen) atoms. The third-order valence-electron chi connectivity index (χ3n) is 4.05. The third kappa shape index (κ3) is 3.29. The van der Waals surface area contributed by atoms with Gasteiger partial charge in [-0.15, -0.1) is 0 Å². The molecule has 2 aromatic carbocycles. The number of benzene rings is 2. The molecule has 0 heterocycles. The molecule has 0 fully saturated rings. The van der Waals surface area contributed by atoms with Crippen LogP contribution in [0.1, 0.15) is 49.3 Å². The van der Waals surface area contributed by atoms with Gasteiger partial charge in [-0.1, -0.05) is 68.4 Å². The van der Waals surface area contributed by atoms with Crippen molar-refractivity contribution in [3.05, 3.63) is 71.3 Å². The summed E-state index contributed by atoms with van der Waals surface area (Å²) in [5, 5.41) is 3.41. The van der Waals surface area contributed by atoms with Crippen LogP contribution in [0.3, 0.4) is 0 Å². The summed E-state index contributed by atoms with van der Waals surface area (Å²) in [7, 11) is 2.03. The SMILES string of the molecule is CNC(C)C(c1ccccc1)c1cccc(C(C)C)c1. The van der Waals surface area contributed by atoms with Crippen molar-refractivity contribution >= 4 is 0 Å². The van der Waals surface area contributed by atoms with Gasteiger partial charge in [0.2, 0.25) is 0 Å². The fourth-order valence-electron chi connectivity index (χ4n) is 2.71. The fraction of sp³-hybridized carbons (Fsp3) is 0.368. The third-order valence-corrected chi connectivity index (χ3v) is 4.05. The molecular formula is C19H25N. The minimum Gasteiger partial charge on any atom is -0.316 e. The highest BCUT2D eigenvalue weighted by atomic mass is 14.9. The van der Waals surface area contributed by atoms with Gasteiger partial charge in [0, 0.05) is 12.0 Å². The van der Waals surface area contributed by atoms with E-state index in [1.165, 1.54) is 16.7 Å². The van der Waals surface area contributed by atoms with Gasteiger partial charge in [0.05, 0.1) is 0 Å². The summed E-state index contributed by atoms with van der Waals surface area (Å²) in [6, 6.07) is 20.2. The van der Waals surface area contributed by atoms with Crippen molar-refractivity contribution in [1.82, 2.24) is 5.32 Å². The Labute approximate surface area is 123 Å². The molecule has 106 valence electrons. The topological polar surface area (TPSA) is 12.0 Å². The Bertz CT molecular complexity index is 530. The standard InChI is InChI=1S/C19H25N/c1-14(2)17-11-8-12-18(13-17)19(15(3)20-4)16-9-6-5-7-10-16/h5-15,19-20H,1-4H3. The predicted molar refractivity (Wildman–Crippen MR) is 87.3 cm³/mol. The van der Waals surface area contributed by atoms with E-state index >= 15 is 0 Å². The maximum Gasteiger partial charge on any atom is 0.0240 e. The first-order chi connectivity index (χ1) is 9.63. The van der Waals surface area contributed by atoms with Crippen LogP contribution in [0.25, 0.3) is 0 Å². The van der Waals surface area contributed by atoms with Crippen molar-refractivity contribution in [1.29, 1.82) is 0 Å². The van der Waals surface area contributed by atoms with Gasteiger partial charge in [0.25, 0.3) is 0 Å². The average Bonchev–Trinajstić information content (AvgIpc) is 2.48. The number of likely N-dealkylation sites (N-methyl/N-ethyl adjacent to an activating group) is 1. The monoisotopic (exact) mass is 267 g/mol. The molecule has 0 saturated heterocycles. The lowest BCUT2D eigenvalue weighted by Gasteiger charge is -2.25. The molecule has 2 aromatic rings. The first-order valence-electron chi connectivity index (χ1n) is 7.45. The Morgan fingerprint density at radius 1 is 0.750 bits per heavy atom. The second-order valence-corrected chi connectivity index (χ2v) is 5.79. The van der Waals surface area contributed by atoms with Gasteiger partial charge in [-0.25, -0.2) is 0 Å². The van der Waals surface area contributed by atoms with Crippen LogP contribution in [0.15, 0.2) is 54.6 Å². The van der Waals surface area contributed by atoms with Crippen LogP contribution < -0.4 is 5.32 Å². The number of rotatable bonds is 5. The van der Waals surface area contributed by atoms with Gasteiger partial charge in [-0.3, -0.25) is 0 Å². The van der Waals surface area contributed by atoms with Crippen molar-refractivity contribution in [3.63, 3.8) is 0 Å². The van der Waals surface area contributed by atoms with Crippen LogP contribution in [0.4, 0.5) is 0 Å². The molecule has 0 aliphatic heterocycles. The summed E-state index contributed by atoms with van der Waals surface area (Å²) in [6.07, 6.45) is 0. The molecule has 0 aliphatic carbocycles. The average molecular weight is 267 g/mol. The maximum atomic E-state index is 3.41. The van der Waals surface area contributed by atoms with Gasteiger partial charge >= 0.3 is 0 Å². The lowest BCUT2D eigenvalue weighted by Crippen LogP contribution is -2.29. The molecule has 0 aliphatic rings. The van der Waals surface area contributed by atoms with E-state index in [-0.39, 0.29) is 0 Å². The lowest BCUT2D eigenvalue weighted by atomic mass is 9.84. The zero-order chi connectivity index (χ0) is 14.5. The minimum atomic E-state index is 0.389. The Balaban J connectivity index is 2.44. The zero-order valence-electron chi connectivity index (χ0n) is 12.9. The highest BCUT2D eigenvalue weighted by Crippen LogP contribution is 2.29. The summed E-state index contributed by atoms with van der Waals surface area (Å²) in [5.74, 6) is 0.955. The number of nitrogens with one attached hydrogen (secondary N) is 1. The smallest absolute Gasteiger partial charge is 0.0240 e. The molecule has 2 rings (SSSR count). The van der Waals surface area contributed by atoms with Gasteiger partial charge in [0.15, 0.2) is 0 Å². The maximum absolute atomic E-state index is 3.41. The van der Waals surface area contributed by atoms with E-state index in [2.05, 4.69) is 80.7 Å². The number of hydrogen-bond donors (Lipinski definition) is 1. The Morgan fingerprint density at radius 2 is 1.35 bits per heavy atom. The highest BCUT2D eigenvalue weighted by molar-refractivity contribution is 5.37. The molecule has 1 nitrogen and oxygen atoms in total. The van der Waals surface area contributed by atoms with Crippen LogP contribution in [0.5, 0.6) is 0 Å². The Morgan fingerprint density at radius 3 is 1.95 bits per heavy atom. The van der Waals surface area contributed by atoms with Crippen molar-refractivity contribution in [2.75, 3.05) is 7.05 Å². The van der Waals surface area contributed by atoms with E-state index in [9.17, 15) is 0 Å². The summed E-state index contributed by atoms with van der Waals surface area (Å²) in [6.45, 7) is 6.75. The largest absolute Gasteiger partial charge is 0.316 e. The molecule has 0 aromatic heterocycles. The molecule has 0 radical (unpaired) electrons. The molecule has 1 N–H and O–H groups in total. The second-order valence-electron chi connectivity index (χ2n) is 5.79. The van der Waals surface area contributed by atoms with Crippen molar-refractivity contribution in [2.24, 2.45) is 0 Å². The van der Waals surface area contributed by atoms with E-state index in [0.29, 0.717) is 17.9 Å². The van der Waals surface area contributed by atoms with E-state index in [4.69, 9.17) is 0 Å². The molecule has 2 atom stereocenters. The molecule has 1 heteroatoms. The summed E-state index contributed by atoms with van der Waals surface area (Å²) in [4.78, 5) is 0. The van der Waals surface area contributed by atoms with Crippen LogP contribution in [-0.4, -0.2) is 13.1 Å². The summed E-state index contributed by atoms with van der Waals surface area (Å²) in [5.41, 5.74) is 4.17. The van der Waals surface area contributed by atoms with E-state index in [1.807, 2.05) is 7.05 Å². The van der Waals surface area contributed by atoms with Crippen LogP contribution in [-0.2, 0) is 0 Å². The summed E-state index contributed by atoms with van der Waals surface area (Å²) < 4.78 is 0. The molecule has 0 spiro atoms. The van der Waals surface area contributed by atoms with E-state index < -0.39 is 0 Å². The fourth-order valence-corrected chi connectivity index (χ4v) is 2.71. The van der Waals surface area contributed by atoms with Gasteiger partial charge < -0.3 is 5.32 Å². The molecular weight excluding hydrogens is 242 g/mol. The Hall–Kier alpha value is -1.60. The Kier molecular flexibility index (Phi) is 4.97. The second kappa shape index (κ2) is 6.71. The van der Waals surface area contributed by atoms with Crippen molar-refractivity contribution < 1.29 is 0 Å². The molecule has 0 amide bonds. The van der Waals surface area contributed by atoms with Crippen LogP contribution in [0.2, 0.25) is 0 Å². The first-order valence-corrected chi connectivity index (χ1v) is 7.45. The van der Waals surface area contributed by atoms with Gasteiger partial charge in [-0.05, 0) is 36.6 Å². The lowest BCUT2D eigenvalue weighted by molar-refractivity contribution is 0.546. The molecule has 0 saturated carbocycles. The summed E-state index contributed by atoms with van der Waals surface area (Å²) >= 11 is 0. The molecule has 0 bridgehead atoms. The van der Waals surface area contributed by atoms with Crippen LogP contribution in [0, 0.1) is 0 Å². The van der Waals surface area contributed by atoms with E-state index in [1.54, 1.807) is 0 Å². The van der Waals surface area contributed by atoms with Gasteiger partial charge in [-0.2, -0.15) is 0 Å². The quantitative estimate of drug-likeness (QED) is 0.838. The van der Waals surface area contributed by atoms with E-state index in [0.717, 1.165) is 0 Å². The van der Waals surface area contributed by atoms with Gasteiger partial charge in [0.1, 0.15) is 0 Å². The van der Waals surface area contributed by atoms with Crippen molar-refractivity contribution in [2.45, 2.75) is 38.6 Å². The number of hydrogen-bond acceptors (Lipinski definition) is 1. The predicted octanol–water partition coefficient (Wildman–Crippen LogP) is 4.55. The molecule has 2 unspecified atom stereocenters.